The number of hydrogen-bond donors (Lipinski definition) is 1. The molecule has 10 heavy (non-hydrogen) atoms. The molecule has 0 unspecified atom stereocenters. The van der Waals surface area contributed by atoms with Gasteiger partial charge in [0.25, 0.3) is 0 Å². The van der Waals surface area contributed by atoms with E-state index >= 15 is 0 Å². The maximum Gasteiger partial charge on any atom is 0.0949 e. The lowest BCUT2D eigenvalue weighted by atomic mass is 10.3. The smallest absolute Gasteiger partial charge is 0.0949 e. The van der Waals surface area contributed by atoms with Crippen LogP contribution in [-0.4, -0.2) is 13.4 Å². The minimum absolute atomic E-state index is 0.299. The van der Waals surface area contributed by atoms with Gasteiger partial charge < -0.3 is 5.73 Å². The third-order valence-corrected chi connectivity index (χ3v) is 0.953. The first kappa shape index (κ1) is 8.88. The molecule has 0 aromatic heterocycles. The van der Waals surface area contributed by atoms with E-state index in [9.17, 15) is 4.39 Å². The molecule has 3 heteroatoms. The normalized spacial score (nSPS) is 12.3. The summed E-state index contributed by atoms with van der Waals surface area (Å²) < 4.78 is 11.7. The van der Waals surface area contributed by atoms with Gasteiger partial charge in [0.15, 0.2) is 0 Å². The van der Waals surface area contributed by atoms with Crippen LogP contribution in [0.1, 0.15) is 6.42 Å². The average molecular weight is 142 g/mol. The van der Waals surface area contributed by atoms with E-state index in [2.05, 4.69) is 11.7 Å². The van der Waals surface area contributed by atoms with Crippen molar-refractivity contribution < 1.29 is 4.39 Å². The minimum Gasteiger partial charge on any atom is -0.405 e. The molecule has 0 heterocycles. The van der Waals surface area contributed by atoms with Crippen LogP contribution in [0.25, 0.3) is 0 Å². The van der Waals surface area contributed by atoms with Crippen molar-refractivity contribution in [1.29, 1.82) is 0 Å². The van der Waals surface area contributed by atoms with Crippen LogP contribution >= 0.6 is 0 Å². The summed E-state index contributed by atoms with van der Waals surface area (Å²) in [7, 11) is 0. The van der Waals surface area contributed by atoms with Gasteiger partial charge in [-0.05, 0) is 25.1 Å². The molecule has 56 valence electrons. The van der Waals surface area contributed by atoms with Gasteiger partial charge in [0.2, 0.25) is 0 Å². The van der Waals surface area contributed by atoms with E-state index in [1.807, 2.05) is 0 Å². The number of allylic oxidation sites excluding steroid dienone is 3. The molecule has 0 atom stereocenters. The lowest BCUT2D eigenvalue weighted by Gasteiger charge is -1.91. The van der Waals surface area contributed by atoms with Crippen molar-refractivity contribution in [2.45, 2.75) is 6.42 Å². The van der Waals surface area contributed by atoms with Crippen molar-refractivity contribution >= 4 is 6.72 Å². The van der Waals surface area contributed by atoms with Gasteiger partial charge in [-0.2, -0.15) is 0 Å². The molecule has 0 aromatic rings. The van der Waals surface area contributed by atoms with Crippen LogP contribution in [0.4, 0.5) is 4.39 Å². The van der Waals surface area contributed by atoms with Crippen LogP contribution in [-0.2, 0) is 0 Å². The second-order valence-corrected chi connectivity index (χ2v) is 1.64. The maximum atomic E-state index is 11.7. The fourth-order valence-corrected chi connectivity index (χ4v) is 0.479. The van der Waals surface area contributed by atoms with Crippen LogP contribution in [0.5, 0.6) is 0 Å². The van der Waals surface area contributed by atoms with Crippen molar-refractivity contribution in [2.75, 3.05) is 6.67 Å². The quantitative estimate of drug-likeness (QED) is 0.467. The van der Waals surface area contributed by atoms with Gasteiger partial charge in [-0.25, -0.2) is 0 Å². The molecule has 0 rings (SSSR count). The average Bonchev–Trinajstić information content (AvgIpc) is 1.98. The predicted molar refractivity (Wildman–Crippen MR) is 41.6 cm³/mol. The summed E-state index contributed by atoms with van der Waals surface area (Å²) in [6, 6.07) is 0. The molecule has 0 aliphatic rings. The number of nitrogens with two attached hydrogens (primary N) is 1. The molecule has 2 N–H and O–H groups in total. The molecule has 0 saturated heterocycles. The summed E-state index contributed by atoms with van der Waals surface area (Å²) in [5.74, 6) is 0. The SMILES string of the molecule is C=N/C(=C/C=C\N)CCF. The fraction of sp³-hybridized carbons (Fsp3) is 0.286. The molecule has 0 aliphatic heterocycles. The molecule has 0 bridgehead atoms. The molecule has 0 radical (unpaired) electrons. The van der Waals surface area contributed by atoms with Crippen LogP contribution in [0.3, 0.4) is 0 Å². The molecule has 0 aromatic carbocycles. The molecule has 0 saturated carbocycles. The van der Waals surface area contributed by atoms with E-state index in [1.165, 1.54) is 6.20 Å². The summed E-state index contributed by atoms with van der Waals surface area (Å²) in [4.78, 5) is 3.58. The highest BCUT2D eigenvalue weighted by molar-refractivity contribution is 5.30. The first-order chi connectivity index (χ1) is 4.85. The number of alkyl halides is 1. The van der Waals surface area contributed by atoms with Gasteiger partial charge in [-0.3, -0.25) is 9.38 Å². The van der Waals surface area contributed by atoms with Crippen LogP contribution < -0.4 is 5.73 Å². The van der Waals surface area contributed by atoms with E-state index in [1.54, 1.807) is 12.2 Å². The van der Waals surface area contributed by atoms with Gasteiger partial charge in [0.1, 0.15) is 0 Å². The third-order valence-electron chi connectivity index (χ3n) is 0.953. The lowest BCUT2D eigenvalue weighted by Crippen LogP contribution is -1.80. The molecule has 0 spiro atoms. The van der Waals surface area contributed by atoms with Crippen LogP contribution in [0.2, 0.25) is 0 Å². The Morgan fingerprint density at radius 1 is 1.70 bits per heavy atom. The third kappa shape index (κ3) is 3.83. The Morgan fingerprint density at radius 3 is 2.80 bits per heavy atom. The van der Waals surface area contributed by atoms with Gasteiger partial charge in [0.05, 0.1) is 6.67 Å². The maximum absolute atomic E-state index is 11.7. The standard InChI is InChI=1S/C7H11FN2/c1-10-7(4-5-8)3-2-6-9/h2-3,6H,1,4-5,9H2/b6-2-,7-3+. The Kier molecular flexibility index (Phi) is 5.33. The Hall–Kier alpha value is -1.12. The molecular formula is C7H11FN2. The predicted octanol–water partition coefficient (Wildman–Crippen LogP) is 1.40. The minimum atomic E-state index is -0.413. The van der Waals surface area contributed by atoms with Crippen LogP contribution in [0.15, 0.2) is 29.0 Å². The van der Waals surface area contributed by atoms with Crippen molar-refractivity contribution in [2.24, 2.45) is 10.7 Å². The Labute approximate surface area is 60.0 Å². The number of hydrogen-bond acceptors (Lipinski definition) is 2. The van der Waals surface area contributed by atoms with Crippen molar-refractivity contribution in [3.05, 3.63) is 24.0 Å². The van der Waals surface area contributed by atoms with Crippen molar-refractivity contribution in [3.63, 3.8) is 0 Å². The van der Waals surface area contributed by atoms with Gasteiger partial charge in [-0.1, -0.05) is 0 Å². The van der Waals surface area contributed by atoms with Gasteiger partial charge in [0, 0.05) is 12.1 Å². The van der Waals surface area contributed by atoms with E-state index in [4.69, 9.17) is 5.73 Å². The van der Waals surface area contributed by atoms with Gasteiger partial charge >= 0.3 is 0 Å². The highest BCUT2D eigenvalue weighted by atomic mass is 19.1. The number of rotatable bonds is 4. The van der Waals surface area contributed by atoms with E-state index in [0.717, 1.165) is 0 Å². The summed E-state index contributed by atoms with van der Waals surface area (Å²) in [6.07, 6.45) is 4.89. The highest BCUT2D eigenvalue weighted by Crippen LogP contribution is 2.01. The van der Waals surface area contributed by atoms with E-state index in [0.29, 0.717) is 12.1 Å². The highest BCUT2D eigenvalue weighted by Gasteiger charge is 1.88. The van der Waals surface area contributed by atoms with Crippen molar-refractivity contribution in [1.82, 2.24) is 0 Å². The number of aliphatic imine (C=N–C) groups is 1. The van der Waals surface area contributed by atoms with E-state index < -0.39 is 6.67 Å². The molecular weight excluding hydrogens is 131 g/mol. The first-order valence-corrected chi connectivity index (χ1v) is 2.95. The Bertz CT molecular complexity index is 150. The summed E-state index contributed by atoms with van der Waals surface area (Å²) >= 11 is 0. The summed E-state index contributed by atoms with van der Waals surface area (Å²) in [6.45, 7) is 2.86. The van der Waals surface area contributed by atoms with E-state index in [-0.39, 0.29) is 0 Å². The fourth-order valence-electron chi connectivity index (χ4n) is 0.479. The Morgan fingerprint density at radius 2 is 2.40 bits per heavy atom. The lowest BCUT2D eigenvalue weighted by molar-refractivity contribution is 0.493. The second kappa shape index (κ2) is 6.01. The molecule has 0 amide bonds. The number of nitrogens with zero attached hydrogens (tertiary/aromatic N) is 1. The zero-order valence-electron chi connectivity index (χ0n) is 5.76. The molecule has 0 aliphatic carbocycles. The van der Waals surface area contributed by atoms with Crippen LogP contribution in [0, 0.1) is 0 Å². The molecule has 0 fully saturated rings. The zero-order valence-corrected chi connectivity index (χ0v) is 5.76. The first-order valence-electron chi connectivity index (χ1n) is 2.95. The monoisotopic (exact) mass is 142 g/mol. The topological polar surface area (TPSA) is 38.4 Å². The number of halogens is 1. The Balaban J connectivity index is 3.90. The molecule has 2 nitrogen and oxygen atoms in total. The van der Waals surface area contributed by atoms with Crippen molar-refractivity contribution in [3.8, 4) is 0 Å². The zero-order chi connectivity index (χ0) is 7.82. The summed E-state index contributed by atoms with van der Waals surface area (Å²) in [5, 5.41) is 0. The second-order valence-electron chi connectivity index (χ2n) is 1.64. The summed E-state index contributed by atoms with van der Waals surface area (Å²) in [5.41, 5.74) is 5.66. The van der Waals surface area contributed by atoms with Gasteiger partial charge in [-0.15, -0.1) is 0 Å². The largest absolute Gasteiger partial charge is 0.405 e.